The molecule has 5 nitrogen and oxygen atoms in total. The molecule has 0 spiro atoms. The molecule has 2 aromatic carbocycles. The number of allylic oxidation sites excluding steroid dienone is 1. The van der Waals surface area contributed by atoms with Gasteiger partial charge in [0, 0.05) is 16.8 Å². The van der Waals surface area contributed by atoms with E-state index in [2.05, 4.69) is 11.3 Å². The molecule has 0 aliphatic rings. The minimum Gasteiger partial charge on any atom is -0.422 e. The second-order valence-electron chi connectivity index (χ2n) is 6.35. The molecule has 0 unspecified atom stereocenters. The fourth-order valence-electron chi connectivity index (χ4n) is 3.18. The van der Waals surface area contributed by atoms with Crippen molar-refractivity contribution in [3.05, 3.63) is 94.7 Å². The van der Waals surface area contributed by atoms with Crippen LogP contribution in [0.25, 0.3) is 22.1 Å². The highest BCUT2D eigenvalue weighted by atomic mass is 32.2. The highest BCUT2D eigenvalue weighted by Crippen LogP contribution is 2.31. The minimum atomic E-state index is -3.67. The molecule has 0 amide bonds. The number of nitrogens with one attached hydrogen (secondary N) is 1. The van der Waals surface area contributed by atoms with Crippen molar-refractivity contribution in [1.29, 1.82) is 0 Å². The van der Waals surface area contributed by atoms with E-state index in [-0.39, 0.29) is 4.21 Å². The van der Waals surface area contributed by atoms with Gasteiger partial charge in [-0.2, -0.15) is 0 Å². The first-order valence-electron chi connectivity index (χ1n) is 8.82. The Morgan fingerprint density at radius 3 is 2.55 bits per heavy atom. The van der Waals surface area contributed by atoms with Crippen molar-refractivity contribution in [3.8, 4) is 11.3 Å². The maximum Gasteiger partial charge on any atom is 0.344 e. The maximum atomic E-state index is 12.5. The van der Waals surface area contributed by atoms with E-state index in [9.17, 15) is 13.2 Å². The van der Waals surface area contributed by atoms with Gasteiger partial charge in [0.25, 0.3) is 10.0 Å². The molecule has 146 valence electrons. The van der Waals surface area contributed by atoms with Gasteiger partial charge in [-0.1, -0.05) is 42.5 Å². The van der Waals surface area contributed by atoms with E-state index in [0.29, 0.717) is 28.8 Å². The largest absolute Gasteiger partial charge is 0.422 e. The number of rotatable bonds is 6. The molecule has 2 aromatic heterocycles. The monoisotopic (exact) mass is 423 g/mol. The average molecular weight is 424 g/mol. The van der Waals surface area contributed by atoms with Crippen LogP contribution in [0.15, 0.2) is 92.1 Å². The third kappa shape index (κ3) is 3.74. The van der Waals surface area contributed by atoms with Gasteiger partial charge in [0.05, 0.1) is 5.39 Å². The summed E-state index contributed by atoms with van der Waals surface area (Å²) in [4.78, 5) is 12.5. The van der Waals surface area contributed by atoms with Gasteiger partial charge in [-0.05, 0) is 41.5 Å². The molecule has 0 radical (unpaired) electrons. The molecule has 0 bridgehead atoms. The van der Waals surface area contributed by atoms with E-state index < -0.39 is 15.6 Å². The Bertz CT molecular complexity index is 1350. The predicted molar refractivity (Wildman–Crippen MR) is 117 cm³/mol. The summed E-state index contributed by atoms with van der Waals surface area (Å²) in [6.07, 6.45) is 2.25. The van der Waals surface area contributed by atoms with Crippen molar-refractivity contribution in [1.82, 2.24) is 0 Å². The SMILES string of the molecule is C=CCc1c(-c2cccc(NS(=O)(=O)c3cccs3)c2)oc(=O)c2ccccc12. The van der Waals surface area contributed by atoms with Crippen LogP contribution in [-0.2, 0) is 16.4 Å². The third-order valence-electron chi connectivity index (χ3n) is 4.43. The average Bonchev–Trinajstić information content (AvgIpc) is 3.26. The molecule has 0 aliphatic heterocycles. The van der Waals surface area contributed by atoms with Gasteiger partial charge >= 0.3 is 5.63 Å². The zero-order valence-electron chi connectivity index (χ0n) is 15.3. The first-order chi connectivity index (χ1) is 14.0. The van der Waals surface area contributed by atoms with Gasteiger partial charge in [0.1, 0.15) is 9.97 Å². The molecule has 7 heteroatoms. The minimum absolute atomic E-state index is 0.229. The summed E-state index contributed by atoms with van der Waals surface area (Å²) in [5.41, 5.74) is 1.38. The fourth-order valence-corrected chi connectivity index (χ4v) is 5.22. The first kappa shape index (κ1) is 19.2. The van der Waals surface area contributed by atoms with Crippen molar-refractivity contribution in [2.75, 3.05) is 4.72 Å². The predicted octanol–water partition coefficient (Wildman–Crippen LogP) is 5.05. The third-order valence-corrected chi connectivity index (χ3v) is 7.21. The second-order valence-corrected chi connectivity index (χ2v) is 9.21. The van der Waals surface area contributed by atoms with Crippen LogP contribution in [0.3, 0.4) is 0 Å². The standard InChI is InChI=1S/C22H17NO4S2/c1-2-7-18-17-10-3-4-11-19(17)22(24)27-21(18)15-8-5-9-16(14-15)23-29(25,26)20-12-6-13-28-20/h2-6,8-14,23H,1,7H2. The fraction of sp³-hybridized carbons (Fsp3) is 0.0455. The second kappa shape index (κ2) is 7.69. The number of fused-ring (bicyclic) bond motifs is 1. The Balaban J connectivity index is 1.83. The van der Waals surface area contributed by atoms with Crippen molar-refractivity contribution in [2.45, 2.75) is 10.6 Å². The van der Waals surface area contributed by atoms with E-state index in [1.165, 1.54) is 0 Å². The molecule has 0 saturated carbocycles. The summed E-state index contributed by atoms with van der Waals surface area (Å²) in [7, 11) is -3.67. The van der Waals surface area contributed by atoms with Gasteiger partial charge in [-0.15, -0.1) is 17.9 Å². The van der Waals surface area contributed by atoms with E-state index in [4.69, 9.17) is 4.42 Å². The highest BCUT2D eigenvalue weighted by Gasteiger charge is 2.18. The van der Waals surface area contributed by atoms with Gasteiger partial charge in [0.15, 0.2) is 0 Å². The van der Waals surface area contributed by atoms with Crippen LogP contribution in [-0.4, -0.2) is 8.42 Å². The van der Waals surface area contributed by atoms with Crippen LogP contribution in [0.1, 0.15) is 5.56 Å². The summed E-state index contributed by atoms with van der Waals surface area (Å²) in [5, 5.41) is 3.00. The lowest BCUT2D eigenvalue weighted by atomic mass is 9.99. The maximum absolute atomic E-state index is 12.5. The van der Waals surface area contributed by atoms with Gasteiger partial charge < -0.3 is 4.42 Å². The van der Waals surface area contributed by atoms with Crippen LogP contribution >= 0.6 is 11.3 Å². The van der Waals surface area contributed by atoms with E-state index in [1.807, 2.05) is 12.1 Å². The molecule has 4 aromatic rings. The molecule has 1 N–H and O–H groups in total. The molecule has 4 rings (SSSR count). The van der Waals surface area contributed by atoms with Crippen molar-refractivity contribution in [3.63, 3.8) is 0 Å². The Morgan fingerprint density at radius 2 is 1.83 bits per heavy atom. The van der Waals surface area contributed by atoms with Crippen LogP contribution in [0.2, 0.25) is 0 Å². The number of anilines is 1. The van der Waals surface area contributed by atoms with Gasteiger partial charge in [-0.3, -0.25) is 4.72 Å². The number of benzene rings is 2. The number of hydrogen-bond donors (Lipinski definition) is 1. The Labute approximate surface area is 172 Å². The molecule has 0 aliphatic carbocycles. The van der Waals surface area contributed by atoms with E-state index in [1.54, 1.807) is 60.0 Å². The summed E-state index contributed by atoms with van der Waals surface area (Å²) in [5.74, 6) is 0.408. The lowest BCUT2D eigenvalue weighted by molar-refractivity contribution is 0.530. The molecule has 29 heavy (non-hydrogen) atoms. The Morgan fingerprint density at radius 1 is 1.03 bits per heavy atom. The topological polar surface area (TPSA) is 76.4 Å². The smallest absolute Gasteiger partial charge is 0.344 e. The molecular formula is C22H17NO4S2. The molecular weight excluding hydrogens is 406 g/mol. The molecule has 0 atom stereocenters. The van der Waals surface area contributed by atoms with Crippen LogP contribution in [0, 0.1) is 0 Å². The summed E-state index contributed by atoms with van der Waals surface area (Å²) in [6, 6.07) is 17.3. The quantitative estimate of drug-likeness (QED) is 0.440. The Kier molecular flexibility index (Phi) is 5.08. The van der Waals surface area contributed by atoms with Gasteiger partial charge in [-0.25, -0.2) is 13.2 Å². The lowest BCUT2D eigenvalue weighted by Crippen LogP contribution is -2.11. The van der Waals surface area contributed by atoms with E-state index >= 15 is 0 Å². The number of thiophene rings is 1. The first-order valence-corrected chi connectivity index (χ1v) is 11.2. The highest BCUT2D eigenvalue weighted by molar-refractivity contribution is 7.94. The zero-order valence-corrected chi connectivity index (χ0v) is 16.9. The normalized spacial score (nSPS) is 11.4. The molecule has 0 saturated heterocycles. The van der Waals surface area contributed by atoms with Crippen molar-refractivity contribution >= 4 is 37.8 Å². The van der Waals surface area contributed by atoms with Crippen LogP contribution in [0.5, 0.6) is 0 Å². The van der Waals surface area contributed by atoms with Crippen LogP contribution in [0.4, 0.5) is 5.69 Å². The van der Waals surface area contributed by atoms with Crippen LogP contribution < -0.4 is 10.3 Å². The Hall–Kier alpha value is -3.16. The van der Waals surface area contributed by atoms with E-state index in [0.717, 1.165) is 22.3 Å². The van der Waals surface area contributed by atoms with Crippen molar-refractivity contribution < 1.29 is 12.8 Å². The lowest BCUT2D eigenvalue weighted by Gasteiger charge is -2.12. The van der Waals surface area contributed by atoms with Gasteiger partial charge in [0.2, 0.25) is 0 Å². The summed E-state index contributed by atoms with van der Waals surface area (Å²) < 4.78 is 33.5. The molecule has 0 fully saturated rings. The summed E-state index contributed by atoms with van der Waals surface area (Å²) in [6.45, 7) is 3.80. The molecule has 2 heterocycles. The summed E-state index contributed by atoms with van der Waals surface area (Å²) >= 11 is 1.14. The zero-order chi connectivity index (χ0) is 20.4. The number of hydrogen-bond acceptors (Lipinski definition) is 5. The van der Waals surface area contributed by atoms with Crippen molar-refractivity contribution in [2.24, 2.45) is 0 Å². The number of sulfonamides is 1.